The summed E-state index contributed by atoms with van der Waals surface area (Å²) >= 11 is 0. The Bertz CT molecular complexity index is 1210. The predicted molar refractivity (Wildman–Crippen MR) is 112 cm³/mol. The van der Waals surface area contributed by atoms with Crippen LogP contribution in [0.25, 0.3) is 11.0 Å². The van der Waals surface area contributed by atoms with Crippen LogP contribution in [0, 0.1) is 6.92 Å². The molecule has 144 valence electrons. The minimum atomic E-state index is -0.245. The second-order valence-corrected chi connectivity index (χ2v) is 6.65. The Morgan fingerprint density at radius 2 is 1.66 bits per heavy atom. The summed E-state index contributed by atoms with van der Waals surface area (Å²) in [6.45, 7) is 1.84. The van der Waals surface area contributed by atoms with E-state index in [0.717, 1.165) is 10.9 Å². The number of methoxy groups -OCH3 is 1. The third-order valence-electron chi connectivity index (χ3n) is 4.77. The van der Waals surface area contributed by atoms with E-state index in [1.165, 1.54) is 0 Å². The summed E-state index contributed by atoms with van der Waals surface area (Å²) in [5.74, 6) is 0.511. The molecule has 5 nitrogen and oxygen atoms in total. The molecule has 0 fully saturated rings. The lowest BCUT2D eigenvalue weighted by molar-refractivity contribution is 0.101. The van der Waals surface area contributed by atoms with Crippen LogP contribution in [0.5, 0.6) is 5.75 Å². The number of hydrogen-bond acceptors (Lipinski definition) is 4. The summed E-state index contributed by atoms with van der Waals surface area (Å²) < 4.78 is 11.0. The van der Waals surface area contributed by atoms with Crippen LogP contribution in [0.1, 0.15) is 32.0 Å². The maximum Gasteiger partial charge on any atom is 0.255 e. The highest BCUT2D eigenvalue weighted by atomic mass is 16.5. The van der Waals surface area contributed by atoms with Crippen molar-refractivity contribution in [1.82, 2.24) is 0 Å². The molecule has 1 amide bonds. The monoisotopic (exact) mass is 385 g/mol. The summed E-state index contributed by atoms with van der Waals surface area (Å²) in [4.78, 5) is 25.3. The summed E-state index contributed by atoms with van der Waals surface area (Å²) in [6, 6.07) is 21.3. The Morgan fingerprint density at radius 3 is 2.41 bits per heavy atom. The zero-order valence-electron chi connectivity index (χ0n) is 16.1. The minimum absolute atomic E-state index is 0.165. The van der Waals surface area contributed by atoms with Gasteiger partial charge in [-0.25, -0.2) is 0 Å². The molecule has 0 unspecified atom stereocenters. The second-order valence-electron chi connectivity index (χ2n) is 6.65. The largest absolute Gasteiger partial charge is 0.497 e. The van der Waals surface area contributed by atoms with Gasteiger partial charge in [-0.2, -0.15) is 0 Å². The third kappa shape index (κ3) is 3.62. The lowest BCUT2D eigenvalue weighted by Gasteiger charge is -2.07. The summed E-state index contributed by atoms with van der Waals surface area (Å²) in [6.07, 6.45) is 0. The van der Waals surface area contributed by atoms with Crippen molar-refractivity contribution in [1.29, 1.82) is 0 Å². The number of ketones is 1. The molecule has 29 heavy (non-hydrogen) atoms. The number of rotatable bonds is 5. The number of carbonyl (C=O) groups excluding carboxylic acids is 2. The number of aryl methyl sites for hydroxylation is 1. The molecule has 3 aromatic carbocycles. The molecule has 1 aromatic heterocycles. The van der Waals surface area contributed by atoms with E-state index in [4.69, 9.17) is 9.15 Å². The third-order valence-corrected chi connectivity index (χ3v) is 4.77. The molecule has 5 heteroatoms. The first-order chi connectivity index (χ1) is 14.1. The molecule has 0 spiro atoms. The summed E-state index contributed by atoms with van der Waals surface area (Å²) in [5.41, 5.74) is 3.02. The SMILES string of the molecule is COc1cccc(C(=O)Nc2ccc3oc(C(=O)c4ccccc4)c(C)c3c2)c1. The number of fused-ring (bicyclic) bond motifs is 1. The fraction of sp³-hybridized carbons (Fsp3) is 0.0833. The molecule has 0 aliphatic rings. The number of ether oxygens (including phenoxy) is 1. The zero-order chi connectivity index (χ0) is 20.4. The van der Waals surface area contributed by atoms with Crippen LogP contribution >= 0.6 is 0 Å². The van der Waals surface area contributed by atoms with Crippen molar-refractivity contribution >= 4 is 28.3 Å². The molecule has 1 heterocycles. The molecule has 1 N–H and O–H groups in total. The molecule has 0 radical (unpaired) electrons. The van der Waals surface area contributed by atoms with E-state index in [1.54, 1.807) is 55.6 Å². The van der Waals surface area contributed by atoms with E-state index in [-0.39, 0.29) is 11.7 Å². The van der Waals surface area contributed by atoms with Crippen LogP contribution in [0.2, 0.25) is 0 Å². The van der Waals surface area contributed by atoms with Crippen molar-refractivity contribution < 1.29 is 18.7 Å². The van der Waals surface area contributed by atoms with Crippen LogP contribution in [-0.2, 0) is 0 Å². The van der Waals surface area contributed by atoms with Gasteiger partial charge in [0.2, 0.25) is 5.78 Å². The van der Waals surface area contributed by atoms with Gasteiger partial charge in [0.1, 0.15) is 11.3 Å². The van der Waals surface area contributed by atoms with Gasteiger partial charge in [-0.3, -0.25) is 9.59 Å². The normalized spacial score (nSPS) is 10.7. The predicted octanol–water partition coefficient (Wildman–Crippen LogP) is 5.23. The van der Waals surface area contributed by atoms with Gasteiger partial charge in [-0.05, 0) is 43.3 Å². The van der Waals surface area contributed by atoms with E-state index in [9.17, 15) is 9.59 Å². The molecule has 4 rings (SSSR count). The van der Waals surface area contributed by atoms with E-state index < -0.39 is 0 Å². The first kappa shape index (κ1) is 18.5. The fourth-order valence-electron chi connectivity index (χ4n) is 3.20. The second kappa shape index (κ2) is 7.64. The number of furan rings is 1. The molecular weight excluding hydrogens is 366 g/mol. The number of hydrogen-bond donors (Lipinski definition) is 1. The van der Waals surface area contributed by atoms with Crippen molar-refractivity contribution in [2.75, 3.05) is 12.4 Å². The average molecular weight is 385 g/mol. The highest BCUT2D eigenvalue weighted by Gasteiger charge is 2.19. The van der Waals surface area contributed by atoms with Crippen molar-refractivity contribution in [2.24, 2.45) is 0 Å². The van der Waals surface area contributed by atoms with Crippen molar-refractivity contribution in [3.05, 3.63) is 95.2 Å². The average Bonchev–Trinajstić information content (AvgIpc) is 3.10. The van der Waals surface area contributed by atoms with Gasteiger partial charge in [0.05, 0.1) is 7.11 Å². The van der Waals surface area contributed by atoms with Crippen LogP contribution in [0.15, 0.2) is 77.2 Å². The van der Waals surface area contributed by atoms with Crippen LogP contribution < -0.4 is 10.1 Å². The van der Waals surface area contributed by atoms with Crippen LogP contribution in [0.3, 0.4) is 0 Å². The Kier molecular flexibility index (Phi) is 4.87. The van der Waals surface area contributed by atoms with E-state index in [1.807, 2.05) is 31.2 Å². The smallest absolute Gasteiger partial charge is 0.255 e. The van der Waals surface area contributed by atoms with E-state index in [2.05, 4.69) is 5.32 Å². The maximum absolute atomic E-state index is 12.8. The Labute approximate surface area is 167 Å². The lowest BCUT2D eigenvalue weighted by atomic mass is 10.0. The Balaban J connectivity index is 1.63. The number of benzene rings is 3. The molecule has 0 bridgehead atoms. The zero-order valence-corrected chi connectivity index (χ0v) is 16.1. The van der Waals surface area contributed by atoms with Gasteiger partial charge in [0, 0.05) is 27.8 Å². The van der Waals surface area contributed by atoms with Gasteiger partial charge < -0.3 is 14.5 Å². The molecule has 0 atom stereocenters. The summed E-state index contributed by atoms with van der Waals surface area (Å²) in [7, 11) is 1.56. The van der Waals surface area contributed by atoms with Gasteiger partial charge in [0.15, 0.2) is 5.76 Å². The molecule has 0 saturated carbocycles. The molecule has 0 aliphatic carbocycles. The highest BCUT2D eigenvalue weighted by Crippen LogP contribution is 2.29. The molecule has 0 aliphatic heterocycles. The Morgan fingerprint density at radius 1 is 0.897 bits per heavy atom. The van der Waals surface area contributed by atoms with Crippen LogP contribution in [-0.4, -0.2) is 18.8 Å². The number of carbonyl (C=O) groups is 2. The highest BCUT2D eigenvalue weighted by molar-refractivity contribution is 6.11. The molecule has 0 saturated heterocycles. The topological polar surface area (TPSA) is 68.5 Å². The number of nitrogens with one attached hydrogen (secondary N) is 1. The first-order valence-electron chi connectivity index (χ1n) is 9.15. The molecular formula is C24H19NO4. The van der Waals surface area contributed by atoms with E-state index >= 15 is 0 Å². The van der Waals surface area contributed by atoms with Gasteiger partial charge in [-0.15, -0.1) is 0 Å². The van der Waals surface area contributed by atoms with Gasteiger partial charge in [0.25, 0.3) is 5.91 Å². The first-order valence-corrected chi connectivity index (χ1v) is 9.15. The minimum Gasteiger partial charge on any atom is -0.497 e. The van der Waals surface area contributed by atoms with Crippen molar-refractivity contribution in [3.63, 3.8) is 0 Å². The standard InChI is InChI=1S/C24H19NO4/c1-15-20-14-18(25-24(27)17-9-6-10-19(13-17)28-2)11-12-21(20)29-23(15)22(26)16-7-4-3-5-8-16/h3-14H,1-2H3,(H,25,27). The van der Waals surface area contributed by atoms with Crippen LogP contribution in [0.4, 0.5) is 5.69 Å². The van der Waals surface area contributed by atoms with E-state index in [0.29, 0.717) is 33.9 Å². The molecule has 4 aromatic rings. The fourth-order valence-corrected chi connectivity index (χ4v) is 3.20. The van der Waals surface area contributed by atoms with Crippen molar-refractivity contribution in [2.45, 2.75) is 6.92 Å². The quantitative estimate of drug-likeness (QED) is 0.478. The van der Waals surface area contributed by atoms with Gasteiger partial charge >= 0.3 is 0 Å². The van der Waals surface area contributed by atoms with Gasteiger partial charge in [-0.1, -0.05) is 36.4 Å². The number of amides is 1. The number of anilines is 1. The summed E-state index contributed by atoms with van der Waals surface area (Å²) in [5, 5.41) is 3.66. The lowest BCUT2D eigenvalue weighted by Crippen LogP contribution is -2.11. The maximum atomic E-state index is 12.8. The Hall–Kier alpha value is -3.86. The van der Waals surface area contributed by atoms with Crippen molar-refractivity contribution in [3.8, 4) is 5.75 Å².